The van der Waals surface area contributed by atoms with Crippen LogP contribution in [0.5, 0.6) is 0 Å². The molecule has 2 heterocycles. The second-order valence-electron chi connectivity index (χ2n) is 5.51. The van der Waals surface area contributed by atoms with Gasteiger partial charge in [-0.3, -0.25) is 29.7 Å². The van der Waals surface area contributed by atoms with E-state index in [1.54, 1.807) is 54.7 Å². The molecule has 3 rings (SSSR count). The molecule has 0 bridgehead atoms. The normalized spacial score (nSPS) is 11.4. The molecule has 6 nitrogen and oxygen atoms in total. The van der Waals surface area contributed by atoms with E-state index in [1.165, 1.54) is 24.7 Å². The van der Waals surface area contributed by atoms with Crippen molar-refractivity contribution in [1.29, 1.82) is 0 Å². The zero-order valence-corrected chi connectivity index (χ0v) is 13.7. The van der Waals surface area contributed by atoms with Gasteiger partial charge in [0.25, 0.3) is 5.91 Å². The van der Waals surface area contributed by atoms with Gasteiger partial charge in [-0.15, -0.1) is 0 Å². The van der Waals surface area contributed by atoms with Gasteiger partial charge in [0.05, 0.1) is 5.56 Å². The summed E-state index contributed by atoms with van der Waals surface area (Å²) < 4.78 is 0. The lowest BCUT2D eigenvalue weighted by molar-refractivity contribution is -0.120. The number of imide groups is 1. The van der Waals surface area contributed by atoms with Crippen molar-refractivity contribution in [2.24, 2.45) is 0 Å². The highest BCUT2D eigenvalue weighted by Gasteiger charge is 2.30. The molecule has 0 aliphatic heterocycles. The first-order chi connectivity index (χ1) is 12.7. The van der Waals surface area contributed by atoms with E-state index >= 15 is 0 Å². The Morgan fingerprint density at radius 3 is 1.96 bits per heavy atom. The molecule has 0 radical (unpaired) electrons. The lowest BCUT2D eigenvalue weighted by Crippen LogP contribution is -2.38. The number of ketones is 1. The molecule has 6 heteroatoms. The predicted molar refractivity (Wildman–Crippen MR) is 94.5 cm³/mol. The van der Waals surface area contributed by atoms with Gasteiger partial charge in [0.1, 0.15) is 5.92 Å². The Labute approximate surface area is 149 Å². The number of carbonyl (C=O) groups excluding carboxylic acids is 3. The van der Waals surface area contributed by atoms with Crippen molar-refractivity contribution >= 4 is 17.6 Å². The minimum absolute atomic E-state index is 0.237. The third-order valence-electron chi connectivity index (χ3n) is 3.76. The van der Waals surface area contributed by atoms with Crippen molar-refractivity contribution in [2.45, 2.75) is 5.92 Å². The summed E-state index contributed by atoms with van der Waals surface area (Å²) in [4.78, 5) is 45.7. The number of carbonyl (C=O) groups is 3. The van der Waals surface area contributed by atoms with Crippen LogP contribution < -0.4 is 5.32 Å². The molecule has 1 N–H and O–H groups in total. The number of pyridine rings is 2. The van der Waals surface area contributed by atoms with Crippen LogP contribution >= 0.6 is 0 Å². The van der Waals surface area contributed by atoms with Gasteiger partial charge in [-0.2, -0.15) is 0 Å². The molecule has 0 saturated heterocycles. The van der Waals surface area contributed by atoms with Crippen LogP contribution in [0.4, 0.5) is 0 Å². The number of nitrogens with zero attached hydrogens (tertiary/aromatic N) is 2. The van der Waals surface area contributed by atoms with Crippen LogP contribution in [0.2, 0.25) is 0 Å². The highest BCUT2D eigenvalue weighted by atomic mass is 16.2. The van der Waals surface area contributed by atoms with Crippen LogP contribution in [0.25, 0.3) is 0 Å². The van der Waals surface area contributed by atoms with Gasteiger partial charge in [-0.1, -0.05) is 30.3 Å². The van der Waals surface area contributed by atoms with E-state index in [0.29, 0.717) is 11.1 Å². The minimum Gasteiger partial charge on any atom is -0.293 e. The maximum absolute atomic E-state index is 12.9. The molecule has 1 atom stereocenters. The van der Waals surface area contributed by atoms with Gasteiger partial charge in [-0.05, 0) is 29.8 Å². The first-order valence-corrected chi connectivity index (χ1v) is 7.91. The summed E-state index contributed by atoms with van der Waals surface area (Å²) in [6.07, 6.45) is 5.81. The monoisotopic (exact) mass is 345 g/mol. The van der Waals surface area contributed by atoms with Gasteiger partial charge >= 0.3 is 0 Å². The first kappa shape index (κ1) is 17.2. The van der Waals surface area contributed by atoms with Crippen molar-refractivity contribution in [2.75, 3.05) is 0 Å². The number of Topliss-reactive ketones (excluding diaryl/α,β-unsaturated/α-hetero) is 1. The fraction of sp³-hybridized carbons (Fsp3) is 0.0500. The van der Waals surface area contributed by atoms with Gasteiger partial charge in [0.15, 0.2) is 5.78 Å². The maximum Gasteiger partial charge on any atom is 0.259 e. The van der Waals surface area contributed by atoms with Crippen LogP contribution in [-0.2, 0) is 4.79 Å². The van der Waals surface area contributed by atoms with E-state index in [4.69, 9.17) is 0 Å². The van der Waals surface area contributed by atoms with Gasteiger partial charge in [-0.25, -0.2) is 0 Å². The largest absolute Gasteiger partial charge is 0.293 e. The average Bonchev–Trinajstić information content (AvgIpc) is 2.70. The summed E-state index contributed by atoms with van der Waals surface area (Å²) in [5, 5.41) is 2.29. The fourth-order valence-electron chi connectivity index (χ4n) is 2.50. The molecule has 0 aliphatic carbocycles. The zero-order chi connectivity index (χ0) is 18.4. The average molecular weight is 345 g/mol. The van der Waals surface area contributed by atoms with E-state index in [1.807, 2.05) is 0 Å². The third-order valence-corrected chi connectivity index (χ3v) is 3.76. The van der Waals surface area contributed by atoms with Gasteiger partial charge in [0.2, 0.25) is 5.91 Å². The summed E-state index contributed by atoms with van der Waals surface area (Å²) >= 11 is 0. The van der Waals surface area contributed by atoms with E-state index in [-0.39, 0.29) is 5.56 Å². The molecule has 0 saturated carbocycles. The zero-order valence-electron chi connectivity index (χ0n) is 13.7. The topological polar surface area (TPSA) is 89.0 Å². The summed E-state index contributed by atoms with van der Waals surface area (Å²) in [5.41, 5.74) is 1.03. The molecule has 2 aromatic heterocycles. The van der Waals surface area contributed by atoms with Crippen LogP contribution in [0, 0.1) is 0 Å². The highest BCUT2D eigenvalue weighted by Crippen LogP contribution is 2.21. The summed E-state index contributed by atoms with van der Waals surface area (Å²) in [7, 11) is 0. The number of aromatic nitrogens is 2. The number of amides is 2. The van der Waals surface area contributed by atoms with Crippen molar-refractivity contribution in [3.05, 3.63) is 96.1 Å². The Kier molecular flexibility index (Phi) is 5.24. The molecule has 26 heavy (non-hydrogen) atoms. The Morgan fingerprint density at radius 2 is 1.38 bits per heavy atom. The van der Waals surface area contributed by atoms with Crippen molar-refractivity contribution < 1.29 is 14.4 Å². The van der Waals surface area contributed by atoms with E-state index < -0.39 is 23.5 Å². The molecule has 0 aliphatic rings. The first-order valence-electron chi connectivity index (χ1n) is 7.91. The highest BCUT2D eigenvalue weighted by molar-refractivity contribution is 6.18. The van der Waals surface area contributed by atoms with Crippen molar-refractivity contribution in [1.82, 2.24) is 15.3 Å². The van der Waals surface area contributed by atoms with Crippen LogP contribution in [0.1, 0.15) is 32.2 Å². The minimum atomic E-state index is -1.15. The third kappa shape index (κ3) is 3.87. The molecular formula is C20H15N3O3. The Balaban J connectivity index is 1.89. The molecule has 1 aromatic carbocycles. The van der Waals surface area contributed by atoms with Crippen LogP contribution in [-0.4, -0.2) is 27.6 Å². The molecular weight excluding hydrogens is 330 g/mol. The fourth-order valence-corrected chi connectivity index (χ4v) is 2.50. The Morgan fingerprint density at radius 1 is 0.769 bits per heavy atom. The second-order valence-corrected chi connectivity index (χ2v) is 5.51. The Hall–Kier alpha value is -3.67. The van der Waals surface area contributed by atoms with Crippen molar-refractivity contribution in [3.63, 3.8) is 0 Å². The summed E-state index contributed by atoms with van der Waals surface area (Å²) in [5.74, 6) is -2.89. The summed E-state index contributed by atoms with van der Waals surface area (Å²) in [6, 6.07) is 14.9. The van der Waals surface area contributed by atoms with Gasteiger partial charge in [0, 0.05) is 30.4 Å². The second kappa shape index (κ2) is 7.94. The molecule has 0 spiro atoms. The van der Waals surface area contributed by atoms with E-state index in [0.717, 1.165) is 0 Å². The number of hydrogen-bond acceptors (Lipinski definition) is 5. The molecule has 3 aromatic rings. The molecule has 1 unspecified atom stereocenters. The van der Waals surface area contributed by atoms with Gasteiger partial charge < -0.3 is 0 Å². The summed E-state index contributed by atoms with van der Waals surface area (Å²) in [6.45, 7) is 0. The SMILES string of the molecule is O=C(NC(=O)C(C(=O)c1cccnc1)c1ccccc1)c1cccnc1. The standard InChI is InChI=1S/C20H15N3O3/c24-18(15-8-4-10-21-12-15)17(14-6-2-1-3-7-14)20(26)23-19(25)16-9-5-11-22-13-16/h1-13,17H,(H,23,25,26). The Bertz CT molecular complexity index is 913. The lowest BCUT2D eigenvalue weighted by atomic mass is 9.90. The smallest absolute Gasteiger partial charge is 0.259 e. The maximum atomic E-state index is 12.9. The lowest BCUT2D eigenvalue weighted by Gasteiger charge is -2.15. The number of hydrogen-bond donors (Lipinski definition) is 1. The van der Waals surface area contributed by atoms with Crippen molar-refractivity contribution in [3.8, 4) is 0 Å². The molecule has 2 amide bonds. The van der Waals surface area contributed by atoms with E-state index in [2.05, 4.69) is 15.3 Å². The molecule has 0 fully saturated rings. The van der Waals surface area contributed by atoms with Crippen LogP contribution in [0.3, 0.4) is 0 Å². The number of nitrogens with one attached hydrogen (secondary N) is 1. The predicted octanol–water partition coefficient (Wildman–Crippen LogP) is 2.40. The van der Waals surface area contributed by atoms with Crippen LogP contribution in [0.15, 0.2) is 79.4 Å². The van der Waals surface area contributed by atoms with E-state index in [9.17, 15) is 14.4 Å². The quantitative estimate of drug-likeness (QED) is 0.566. The molecule has 128 valence electrons. The number of rotatable bonds is 5. The number of benzene rings is 1.